The maximum Gasteiger partial charge on any atom is 0.500 e. The number of hydrogen-bond acceptors (Lipinski definition) is 4. The Kier molecular flexibility index (Phi) is 4.65. The number of nitrogens with zero attached hydrogens (tertiary/aromatic N) is 1. The summed E-state index contributed by atoms with van der Waals surface area (Å²) in [4.78, 5) is 4.11. The number of pyridine rings is 1. The summed E-state index contributed by atoms with van der Waals surface area (Å²) in [6, 6.07) is 9.17. The fraction of sp³-hybridized carbons (Fsp3) is 0.357. The minimum absolute atomic E-state index is 0.771. The van der Waals surface area contributed by atoms with Crippen molar-refractivity contribution in [3.63, 3.8) is 0 Å². The van der Waals surface area contributed by atoms with Gasteiger partial charge in [0, 0.05) is 45.2 Å². The maximum atomic E-state index is 5.43. The number of hydrogen-bond donors (Lipinski definition) is 0. The Morgan fingerprint density at radius 2 is 1.74 bits per heavy atom. The van der Waals surface area contributed by atoms with E-state index in [-0.39, 0.29) is 0 Å². The third kappa shape index (κ3) is 3.19. The fourth-order valence-corrected chi connectivity index (χ4v) is 3.85. The second-order valence-electron chi connectivity index (χ2n) is 4.35. The van der Waals surface area contributed by atoms with Gasteiger partial charge < -0.3 is 13.3 Å². The average Bonchev–Trinajstić information content (AvgIpc) is 2.49. The SMILES string of the molecule is CO[Si](CCc1ccc2cnccc2c1)(OC)OC. The summed E-state index contributed by atoms with van der Waals surface area (Å²) in [5, 5.41) is 2.35. The minimum Gasteiger partial charge on any atom is -0.377 e. The Morgan fingerprint density at radius 3 is 2.42 bits per heavy atom. The molecule has 2 rings (SSSR count). The molecule has 0 aliphatic rings. The molecule has 5 heteroatoms. The van der Waals surface area contributed by atoms with E-state index in [9.17, 15) is 0 Å². The zero-order valence-corrected chi connectivity index (χ0v) is 12.6. The molecule has 0 saturated carbocycles. The second kappa shape index (κ2) is 6.25. The van der Waals surface area contributed by atoms with Gasteiger partial charge in [0.2, 0.25) is 0 Å². The average molecular weight is 277 g/mol. The van der Waals surface area contributed by atoms with Gasteiger partial charge >= 0.3 is 8.80 Å². The van der Waals surface area contributed by atoms with Crippen LogP contribution in [0.4, 0.5) is 0 Å². The van der Waals surface area contributed by atoms with Crippen molar-refractivity contribution in [1.82, 2.24) is 4.98 Å². The molecule has 4 nitrogen and oxygen atoms in total. The largest absolute Gasteiger partial charge is 0.500 e. The molecule has 0 unspecified atom stereocenters. The van der Waals surface area contributed by atoms with Gasteiger partial charge in [-0.1, -0.05) is 18.2 Å². The molecule has 0 radical (unpaired) electrons. The predicted molar refractivity (Wildman–Crippen MR) is 77.0 cm³/mol. The Bertz CT molecular complexity index is 535. The lowest BCUT2D eigenvalue weighted by Crippen LogP contribution is -2.43. The van der Waals surface area contributed by atoms with E-state index in [0.29, 0.717) is 0 Å². The lowest BCUT2D eigenvalue weighted by atomic mass is 10.1. The number of aromatic nitrogens is 1. The summed E-state index contributed by atoms with van der Waals surface area (Å²) in [6.45, 7) is 0. The van der Waals surface area contributed by atoms with Crippen LogP contribution in [0.2, 0.25) is 6.04 Å². The van der Waals surface area contributed by atoms with Crippen molar-refractivity contribution in [2.24, 2.45) is 0 Å². The summed E-state index contributed by atoms with van der Waals surface area (Å²) in [7, 11) is 2.45. The molecule has 1 heterocycles. The summed E-state index contributed by atoms with van der Waals surface area (Å²) in [6.07, 6.45) is 4.56. The van der Waals surface area contributed by atoms with Crippen LogP contribution in [-0.4, -0.2) is 35.1 Å². The number of rotatable bonds is 6. The normalized spacial score (nSPS) is 11.9. The van der Waals surface area contributed by atoms with Crippen molar-refractivity contribution in [1.29, 1.82) is 0 Å². The molecule has 0 fully saturated rings. The van der Waals surface area contributed by atoms with Crippen LogP contribution in [0, 0.1) is 0 Å². The zero-order chi connectivity index (χ0) is 13.7. The van der Waals surface area contributed by atoms with Gasteiger partial charge in [-0.25, -0.2) is 0 Å². The molecule has 1 aromatic heterocycles. The van der Waals surface area contributed by atoms with Crippen molar-refractivity contribution >= 4 is 19.6 Å². The highest BCUT2D eigenvalue weighted by atomic mass is 28.4. The first-order valence-electron chi connectivity index (χ1n) is 6.21. The van der Waals surface area contributed by atoms with Crippen LogP contribution in [0.5, 0.6) is 0 Å². The van der Waals surface area contributed by atoms with E-state index < -0.39 is 8.80 Å². The van der Waals surface area contributed by atoms with Gasteiger partial charge in [-0.15, -0.1) is 0 Å². The van der Waals surface area contributed by atoms with E-state index in [2.05, 4.69) is 23.2 Å². The Hall–Kier alpha value is -1.27. The van der Waals surface area contributed by atoms with Gasteiger partial charge in [0.05, 0.1) is 0 Å². The molecule has 0 aliphatic carbocycles. The molecule has 0 bridgehead atoms. The molecule has 0 aliphatic heterocycles. The van der Waals surface area contributed by atoms with Crippen molar-refractivity contribution < 1.29 is 13.3 Å². The number of fused-ring (bicyclic) bond motifs is 1. The Morgan fingerprint density at radius 1 is 1.00 bits per heavy atom. The lowest BCUT2D eigenvalue weighted by Gasteiger charge is -2.24. The van der Waals surface area contributed by atoms with E-state index >= 15 is 0 Å². The van der Waals surface area contributed by atoms with Gasteiger partial charge in [0.1, 0.15) is 0 Å². The minimum atomic E-state index is -2.48. The predicted octanol–water partition coefficient (Wildman–Crippen LogP) is 2.66. The van der Waals surface area contributed by atoms with Crippen LogP contribution < -0.4 is 0 Å². The molecule has 1 aromatic carbocycles. The van der Waals surface area contributed by atoms with Gasteiger partial charge in [-0.3, -0.25) is 4.98 Å². The fourth-order valence-electron chi connectivity index (χ4n) is 2.14. The topological polar surface area (TPSA) is 40.6 Å². The first-order chi connectivity index (χ1) is 9.23. The van der Waals surface area contributed by atoms with E-state index in [1.165, 1.54) is 10.9 Å². The Labute approximate surface area is 114 Å². The molecule has 0 saturated heterocycles. The highest BCUT2D eigenvalue weighted by Gasteiger charge is 2.37. The third-order valence-corrected chi connectivity index (χ3v) is 6.09. The molecule has 0 N–H and O–H groups in total. The smallest absolute Gasteiger partial charge is 0.377 e. The van der Waals surface area contributed by atoms with Crippen molar-refractivity contribution in [2.45, 2.75) is 12.5 Å². The van der Waals surface area contributed by atoms with Crippen LogP contribution in [-0.2, 0) is 19.7 Å². The third-order valence-electron chi connectivity index (χ3n) is 3.36. The quantitative estimate of drug-likeness (QED) is 0.761. The van der Waals surface area contributed by atoms with Gasteiger partial charge in [-0.05, 0) is 23.4 Å². The molecule has 19 heavy (non-hydrogen) atoms. The van der Waals surface area contributed by atoms with Crippen molar-refractivity contribution in [3.05, 3.63) is 42.2 Å². The Balaban J connectivity index is 2.13. The summed E-state index contributed by atoms with van der Waals surface area (Å²) in [5.74, 6) is 0. The van der Waals surface area contributed by atoms with Crippen LogP contribution in [0.1, 0.15) is 5.56 Å². The maximum absolute atomic E-state index is 5.43. The lowest BCUT2D eigenvalue weighted by molar-refractivity contribution is 0.123. The van der Waals surface area contributed by atoms with Gasteiger partial charge in [0.25, 0.3) is 0 Å². The van der Waals surface area contributed by atoms with Gasteiger partial charge in [-0.2, -0.15) is 0 Å². The van der Waals surface area contributed by atoms with E-state index in [0.717, 1.165) is 17.9 Å². The van der Waals surface area contributed by atoms with Gasteiger partial charge in [0.15, 0.2) is 0 Å². The molecular formula is C14H19NO3Si. The van der Waals surface area contributed by atoms with Crippen molar-refractivity contribution in [3.8, 4) is 0 Å². The van der Waals surface area contributed by atoms with E-state index in [1.54, 1.807) is 21.3 Å². The summed E-state index contributed by atoms with van der Waals surface area (Å²) >= 11 is 0. The zero-order valence-electron chi connectivity index (χ0n) is 11.6. The molecule has 2 aromatic rings. The first kappa shape index (κ1) is 14.1. The number of benzene rings is 1. The molecular weight excluding hydrogens is 258 g/mol. The highest BCUT2D eigenvalue weighted by Crippen LogP contribution is 2.20. The van der Waals surface area contributed by atoms with Crippen LogP contribution in [0.3, 0.4) is 0 Å². The summed E-state index contributed by atoms with van der Waals surface area (Å²) in [5.41, 5.74) is 1.25. The molecule has 0 amide bonds. The highest BCUT2D eigenvalue weighted by molar-refractivity contribution is 6.60. The molecule has 0 spiro atoms. The van der Waals surface area contributed by atoms with Crippen molar-refractivity contribution in [2.75, 3.05) is 21.3 Å². The molecule has 0 atom stereocenters. The monoisotopic (exact) mass is 277 g/mol. The second-order valence-corrected chi connectivity index (χ2v) is 7.44. The van der Waals surface area contributed by atoms with E-state index in [4.69, 9.17) is 13.3 Å². The summed E-state index contributed by atoms with van der Waals surface area (Å²) < 4.78 is 16.3. The first-order valence-corrected chi connectivity index (χ1v) is 8.14. The van der Waals surface area contributed by atoms with Crippen LogP contribution >= 0.6 is 0 Å². The standard InChI is InChI=1S/C14H19NO3Si/c1-16-19(17-2,18-3)9-7-12-4-5-14-11-15-8-6-13(14)10-12/h4-6,8,10-11H,7,9H2,1-3H3. The van der Waals surface area contributed by atoms with E-state index in [1.807, 2.05) is 18.5 Å². The van der Waals surface area contributed by atoms with Crippen LogP contribution in [0.15, 0.2) is 36.7 Å². The number of aryl methyl sites for hydroxylation is 1. The molecule has 102 valence electrons. The van der Waals surface area contributed by atoms with Crippen LogP contribution in [0.25, 0.3) is 10.8 Å².